The highest BCUT2D eigenvalue weighted by Gasteiger charge is 2.17. The summed E-state index contributed by atoms with van der Waals surface area (Å²) in [6.45, 7) is 5.33. The fourth-order valence-electron chi connectivity index (χ4n) is 3.06. The minimum absolute atomic E-state index is 0.0750. The number of benzene rings is 1. The molecule has 7 nitrogen and oxygen atoms in total. The van der Waals surface area contributed by atoms with Crippen LogP contribution in [-0.2, 0) is 11.3 Å². The first-order valence-electron chi connectivity index (χ1n) is 8.91. The molecule has 0 bridgehead atoms. The first-order valence-corrected chi connectivity index (χ1v) is 9.89. The van der Waals surface area contributed by atoms with E-state index in [1.165, 1.54) is 11.8 Å². The van der Waals surface area contributed by atoms with Gasteiger partial charge in [0.05, 0.1) is 19.5 Å². The Bertz CT molecular complexity index is 947. The Balaban J connectivity index is 1.71. The molecule has 0 fully saturated rings. The molecule has 0 aliphatic rings. The zero-order chi connectivity index (χ0) is 20.1. The average Bonchev–Trinajstić information content (AvgIpc) is 3.29. The lowest BCUT2D eigenvalue weighted by Crippen LogP contribution is -2.10. The van der Waals surface area contributed by atoms with Crippen LogP contribution >= 0.6 is 11.8 Å². The van der Waals surface area contributed by atoms with Crippen molar-refractivity contribution in [1.82, 2.24) is 19.3 Å². The van der Waals surface area contributed by atoms with Crippen molar-refractivity contribution in [3.63, 3.8) is 0 Å². The number of carbonyl (C=O) groups excluding carboxylic acids is 1. The third-order valence-corrected chi connectivity index (χ3v) is 5.54. The van der Waals surface area contributed by atoms with E-state index < -0.39 is 0 Å². The van der Waals surface area contributed by atoms with Gasteiger partial charge in [0.25, 0.3) is 0 Å². The molecule has 0 aliphatic carbocycles. The first-order chi connectivity index (χ1) is 13.5. The van der Waals surface area contributed by atoms with Crippen LogP contribution in [0.2, 0.25) is 0 Å². The molecule has 2 heterocycles. The van der Waals surface area contributed by atoms with Crippen molar-refractivity contribution >= 4 is 17.5 Å². The smallest absolute Gasteiger partial charge is 0.196 e. The van der Waals surface area contributed by atoms with Crippen LogP contribution in [0.3, 0.4) is 0 Å². The molecule has 1 aromatic carbocycles. The van der Waals surface area contributed by atoms with Crippen LogP contribution in [0.1, 0.15) is 21.7 Å². The zero-order valence-electron chi connectivity index (χ0n) is 16.5. The van der Waals surface area contributed by atoms with E-state index in [0.29, 0.717) is 17.5 Å². The lowest BCUT2D eigenvalue weighted by atomic mass is 10.2. The first kappa shape index (κ1) is 20.2. The maximum atomic E-state index is 12.8. The van der Waals surface area contributed by atoms with Crippen LogP contribution in [0.15, 0.2) is 41.8 Å². The summed E-state index contributed by atoms with van der Waals surface area (Å²) < 4.78 is 14.3. The van der Waals surface area contributed by atoms with Crippen LogP contribution in [0, 0.1) is 13.8 Å². The van der Waals surface area contributed by atoms with Gasteiger partial charge in [0.15, 0.2) is 10.9 Å². The Morgan fingerprint density at radius 3 is 2.61 bits per heavy atom. The maximum absolute atomic E-state index is 12.8. The molecule has 3 rings (SSSR count). The summed E-state index contributed by atoms with van der Waals surface area (Å²) in [4.78, 5) is 12.8. The molecule has 0 radical (unpaired) electrons. The number of hydrogen-bond donors (Lipinski definition) is 0. The quantitative estimate of drug-likeness (QED) is 0.405. The van der Waals surface area contributed by atoms with E-state index in [-0.39, 0.29) is 5.78 Å². The normalized spacial score (nSPS) is 11.0. The highest BCUT2D eigenvalue weighted by atomic mass is 32.2. The third kappa shape index (κ3) is 4.28. The average molecular weight is 401 g/mol. The number of aryl methyl sites for hydroxylation is 1. The standard InChI is InChI=1S/C20H24N4O3S/c1-14-11-18(15(2)23(14)9-10-26-3)19(25)12-28-20-22-21-13-24(20)16-5-7-17(27-4)8-6-16/h5-8,11,13H,9-10,12H2,1-4H3. The molecule has 0 atom stereocenters. The fraction of sp³-hybridized carbons (Fsp3) is 0.350. The van der Waals surface area contributed by atoms with E-state index in [2.05, 4.69) is 14.8 Å². The van der Waals surface area contributed by atoms with E-state index in [9.17, 15) is 4.79 Å². The molecule has 0 N–H and O–H groups in total. The minimum Gasteiger partial charge on any atom is -0.497 e. The third-order valence-electron chi connectivity index (χ3n) is 4.59. The molecule has 3 aromatic rings. The number of Topliss-reactive ketones (excluding diaryl/α,β-unsaturated/α-hetero) is 1. The van der Waals surface area contributed by atoms with Crippen molar-refractivity contribution < 1.29 is 14.3 Å². The molecular formula is C20H24N4O3S. The van der Waals surface area contributed by atoms with E-state index in [0.717, 1.165) is 34.9 Å². The molecule has 0 amide bonds. The van der Waals surface area contributed by atoms with Crippen LogP contribution in [0.25, 0.3) is 5.69 Å². The lowest BCUT2D eigenvalue weighted by Gasteiger charge is -2.09. The van der Waals surface area contributed by atoms with Crippen molar-refractivity contribution in [2.75, 3.05) is 26.6 Å². The van der Waals surface area contributed by atoms with Gasteiger partial charge in [-0.2, -0.15) is 0 Å². The van der Waals surface area contributed by atoms with Crippen LogP contribution < -0.4 is 4.74 Å². The maximum Gasteiger partial charge on any atom is 0.196 e. The van der Waals surface area contributed by atoms with Gasteiger partial charge in [0, 0.05) is 36.3 Å². The Hall–Kier alpha value is -2.58. The number of methoxy groups -OCH3 is 2. The van der Waals surface area contributed by atoms with Gasteiger partial charge in [0.1, 0.15) is 12.1 Å². The summed E-state index contributed by atoms with van der Waals surface area (Å²) in [7, 11) is 3.31. The number of nitrogens with zero attached hydrogens (tertiary/aromatic N) is 4. The predicted molar refractivity (Wildman–Crippen MR) is 109 cm³/mol. The highest BCUT2D eigenvalue weighted by molar-refractivity contribution is 7.99. The van der Waals surface area contributed by atoms with Crippen LogP contribution in [0.4, 0.5) is 0 Å². The van der Waals surface area contributed by atoms with Gasteiger partial charge in [-0.25, -0.2) is 0 Å². The molecule has 0 spiro atoms. The van der Waals surface area contributed by atoms with Gasteiger partial charge < -0.3 is 14.0 Å². The monoisotopic (exact) mass is 400 g/mol. The molecular weight excluding hydrogens is 376 g/mol. The summed E-state index contributed by atoms with van der Waals surface area (Å²) in [5.41, 5.74) is 3.69. The molecule has 148 valence electrons. The van der Waals surface area contributed by atoms with E-state index in [1.54, 1.807) is 20.5 Å². The van der Waals surface area contributed by atoms with E-state index in [4.69, 9.17) is 9.47 Å². The number of aromatic nitrogens is 4. The Morgan fingerprint density at radius 1 is 1.18 bits per heavy atom. The second-order valence-corrected chi connectivity index (χ2v) is 7.27. The van der Waals surface area contributed by atoms with Gasteiger partial charge in [-0.15, -0.1) is 10.2 Å². The largest absolute Gasteiger partial charge is 0.497 e. The van der Waals surface area contributed by atoms with E-state index >= 15 is 0 Å². The zero-order valence-corrected chi connectivity index (χ0v) is 17.3. The molecule has 28 heavy (non-hydrogen) atoms. The summed E-state index contributed by atoms with van der Waals surface area (Å²) in [5, 5.41) is 8.82. The van der Waals surface area contributed by atoms with Crippen molar-refractivity contribution in [2.24, 2.45) is 0 Å². The van der Waals surface area contributed by atoms with Crippen molar-refractivity contribution in [3.8, 4) is 11.4 Å². The molecule has 0 saturated heterocycles. The van der Waals surface area contributed by atoms with E-state index in [1.807, 2.05) is 48.7 Å². The lowest BCUT2D eigenvalue weighted by molar-refractivity contribution is 0.102. The Kier molecular flexibility index (Phi) is 6.53. The van der Waals surface area contributed by atoms with Gasteiger partial charge >= 0.3 is 0 Å². The number of thioether (sulfide) groups is 1. The number of ketones is 1. The van der Waals surface area contributed by atoms with Gasteiger partial charge in [-0.3, -0.25) is 9.36 Å². The Morgan fingerprint density at radius 2 is 1.93 bits per heavy atom. The fourth-order valence-corrected chi connectivity index (χ4v) is 3.87. The minimum atomic E-state index is 0.0750. The van der Waals surface area contributed by atoms with Crippen molar-refractivity contribution in [3.05, 3.63) is 53.6 Å². The van der Waals surface area contributed by atoms with Crippen LogP contribution in [0.5, 0.6) is 5.75 Å². The predicted octanol–water partition coefficient (Wildman–Crippen LogP) is 3.32. The molecule has 0 aliphatic heterocycles. The second-order valence-electron chi connectivity index (χ2n) is 6.32. The molecule has 8 heteroatoms. The summed E-state index contributed by atoms with van der Waals surface area (Å²) in [6, 6.07) is 9.56. The van der Waals surface area contributed by atoms with Gasteiger partial charge in [-0.1, -0.05) is 11.8 Å². The molecule has 2 aromatic heterocycles. The number of hydrogen-bond acceptors (Lipinski definition) is 6. The molecule has 0 saturated carbocycles. The Labute approximate surface area is 168 Å². The summed E-state index contributed by atoms with van der Waals surface area (Å²) >= 11 is 1.38. The molecule has 0 unspecified atom stereocenters. The second kappa shape index (κ2) is 9.07. The SMILES string of the molecule is COCCn1c(C)cc(C(=O)CSc2nncn2-c2ccc(OC)cc2)c1C. The van der Waals surface area contributed by atoms with Crippen molar-refractivity contribution in [1.29, 1.82) is 0 Å². The van der Waals surface area contributed by atoms with Crippen molar-refractivity contribution in [2.45, 2.75) is 25.5 Å². The summed E-state index contributed by atoms with van der Waals surface area (Å²) in [6.07, 6.45) is 1.64. The summed E-state index contributed by atoms with van der Waals surface area (Å²) in [5.74, 6) is 1.15. The highest BCUT2D eigenvalue weighted by Crippen LogP contribution is 2.24. The van der Waals surface area contributed by atoms with Gasteiger partial charge in [-0.05, 0) is 44.2 Å². The van der Waals surface area contributed by atoms with Gasteiger partial charge in [0.2, 0.25) is 0 Å². The number of carbonyl (C=O) groups is 1. The number of ether oxygens (including phenoxy) is 2. The number of rotatable bonds is 9. The van der Waals surface area contributed by atoms with Crippen LogP contribution in [-0.4, -0.2) is 51.7 Å². The topological polar surface area (TPSA) is 71.2 Å².